The van der Waals surface area contributed by atoms with Gasteiger partial charge in [0.25, 0.3) is 0 Å². The number of nitrogens with one attached hydrogen (secondary N) is 1. The first kappa shape index (κ1) is 14.8. The predicted molar refractivity (Wildman–Crippen MR) is 82.9 cm³/mol. The number of rotatable bonds is 3. The maximum Gasteiger partial charge on any atom is 0.0469 e. The minimum absolute atomic E-state index is 0.364. The molecule has 3 fully saturated rings. The summed E-state index contributed by atoms with van der Waals surface area (Å²) in [7, 11) is 0. The average molecular weight is 280 g/mol. The third kappa shape index (κ3) is 3.55. The second-order valence-corrected chi connectivity index (χ2v) is 8.24. The fourth-order valence-corrected chi connectivity index (χ4v) is 3.82. The lowest BCUT2D eigenvalue weighted by Gasteiger charge is -2.46. The average Bonchev–Trinajstić information content (AvgIpc) is 3.23. The fourth-order valence-electron chi connectivity index (χ4n) is 3.82. The summed E-state index contributed by atoms with van der Waals surface area (Å²) >= 11 is 0. The van der Waals surface area contributed by atoms with E-state index in [0.717, 1.165) is 31.1 Å². The zero-order valence-electron chi connectivity index (χ0n) is 13.5. The van der Waals surface area contributed by atoms with Gasteiger partial charge in [0, 0.05) is 44.9 Å². The number of nitrogens with zero attached hydrogens (tertiary/aromatic N) is 1. The van der Waals surface area contributed by atoms with Gasteiger partial charge in [-0.1, -0.05) is 20.8 Å². The van der Waals surface area contributed by atoms with E-state index in [-0.39, 0.29) is 0 Å². The second-order valence-electron chi connectivity index (χ2n) is 8.24. The van der Waals surface area contributed by atoms with Crippen molar-refractivity contribution in [2.45, 2.75) is 58.5 Å². The van der Waals surface area contributed by atoms with Crippen molar-refractivity contribution < 1.29 is 4.74 Å². The van der Waals surface area contributed by atoms with Crippen molar-refractivity contribution in [1.82, 2.24) is 10.2 Å². The summed E-state index contributed by atoms with van der Waals surface area (Å²) in [5.74, 6) is 1.84. The van der Waals surface area contributed by atoms with E-state index in [1.54, 1.807) is 0 Å². The molecule has 0 aromatic carbocycles. The van der Waals surface area contributed by atoms with Crippen LogP contribution >= 0.6 is 0 Å². The molecule has 0 bridgehead atoms. The van der Waals surface area contributed by atoms with Crippen LogP contribution in [0.5, 0.6) is 0 Å². The summed E-state index contributed by atoms with van der Waals surface area (Å²) in [4.78, 5) is 2.83. The fraction of sp³-hybridized carbons (Fsp3) is 1.00. The van der Waals surface area contributed by atoms with E-state index in [1.165, 1.54) is 45.3 Å². The standard InChI is InChI=1S/C17H32N2O/c1-17(2,3)16-12-19(11-13-6-8-20-9-7-13)15(10-18-16)14-4-5-14/h13-16,18H,4-12H2,1-3H3. The smallest absolute Gasteiger partial charge is 0.0469 e. The molecule has 3 aliphatic rings. The molecule has 2 saturated heterocycles. The summed E-state index contributed by atoms with van der Waals surface area (Å²) in [6.07, 6.45) is 5.44. The van der Waals surface area contributed by atoms with Crippen LogP contribution in [0.4, 0.5) is 0 Å². The molecule has 1 aliphatic carbocycles. The van der Waals surface area contributed by atoms with Crippen LogP contribution in [0.3, 0.4) is 0 Å². The molecular formula is C17H32N2O. The van der Waals surface area contributed by atoms with Gasteiger partial charge in [-0.05, 0) is 42.9 Å². The Balaban J connectivity index is 1.62. The third-order valence-electron chi connectivity index (χ3n) is 5.50. The van der Waals surface area contributed by atoms with Crippen LogP contribution in [0.1, 0.15) is 46.5 Å². The van der Waals surface area contributed by atoms with Crippen molar-refractivity contribution in [2.24, 2.45) is 17.3 Å². The highest BCUT2D eigenvalue weighted by molar-refractivity contribution is 4.98. The van der Waals surface area contributed by atoms with Gasteiger partial charge in [0.2, 0.25) is 0 Å². The molecule has 2 atom stereocenters. The van der Waals surface area contributed by atoms with E-state index in [1.807, 2.05) is 0 Å². The topological polar surface area (TPSA) is 24.5 Å². The molecule has 3 heteroatoms. The van der Waals surface area contributed by atoms with Crippen LogP contribution < -0.4 is 5.32 Å². The normalized spacial score (nSPS) is 34.4. The minimum Gasteiger partial charge on any atom is -0.381 e. The molecule has 3 rings (SSSR count). The Hall–Kier alpha value is -0.120. The SMILES string of the molecule is CC(C)(C)C1CN(CC2CCOCC2)C(C2CC2)CN1. The quantitative estimate of drug-likeness (QED) is 0.860. The lowest BCUT2D eigenvalue weighted by atomic mass is 9.84. The maximum atomic E-state index is 5.52. The Morgan fingerprint density at radius 1 is 1.10 bits per heavy atom. The zero-order chi connectivity index (χ0) is 14.2. The highest BCUT2D eigenvalue weighted by Gasteiger charge is 2.41. The third-order valence-corrected chi connectivity index (χ3v) is 5.50. The van der Waals surface area contributed by atoms with Crippen LogP contribution in [-0.4, -0.2) is 49.8 Å². The van der Waals surface area contributed by atoms with Gasteiger partial charge in [-0.2, -0.15) is 0 Å². The Morgan fingerprint density at radius 2 is 1.80 bits per heavy atom. The highest BCUT2D eigenvalue weighted by atomic mass is 16.5. The Bertz CT molecular complexity index is 315. The molecule has 116 valence electrons. The molecule has 2 unspecified atom stereocenters. The Morgan fingerprint density at radius 3 is 2.40 bits per heavy atom. The summed E-state index contributed by atoms with van der Waals surface area (Å²) in [5.41, 5.74) is 0.364. The van der Waals surface area contributed by atoms with E-state index in [9.17, 15) is 0 Å². The molecule has 1 N–H and O–H groups in total. The number of hydrogen-bond acceptors (Lipinski definition) is 3. The first-order chi connectivity index (χ1) is 9.54. The number of ether oxygens (including phenoxy) is 1. The Kier molecular flexibility index (Phi) is 4.40. The van der Waals surface area contributed by atoms with E-state index in [2.05, 4.69) is 31.0 Å². The van der Waals surface area contributed by atoms with Gasteiger partial charge in [-0.3, -0.25) is 4.90 Å². The van der Waals surface area contributed by atoms with Gasteiger partial charge < -0.3 is 10.1 Å². The first-order valence-electron chi connectivity index (χ1n) is 8.59. The van der Waals surface area contributed by atoms with Crippen LogP contribution in [0.25, 0.3) is 0 Å². The van der Waals surface area contributed by atoms with Crippen LogP contribution in [0.15, 0.2) is 0 Å². The lowest BCUT2D eigenvalue weighted by Crippen LogP contribution is -2.61. The molecule has 0 aromatic heterocycles. The highest BCUT2D eigenvalue weighted by Crippen LogP contribution is 2.38. The molecule has 0 spiro atoms. The molecule has 20 heavy (non-hydrogen) atoms. The largest absolute Gasteiger partial charge is 0.381 e. The van der Waals surface area contributed by atoms with Crippen LogP contribution in [0, 0.1) is 17.3 Å². The summed E-state index contributed by atoms with van der Waals surface area (Å²) < 4.78 is 5.52. The zero-order valence-corrected chi connectivity index (χ0v) is 13.5. The van der Waals surface area contributed by atoms with E-state index >= 15 is 0 Å². The summed E-state index contributed by atoms with van der Waals surface area (Å²) in [5, 5.41) is 3.83. The maximum absolute atomic E-state index is 5.52. The molecule has 1 saturated carbocycles. The first-order valence-corrected chi connectivity index (χ1v) is 8.59. The van der Waals surface area contributed by atoms with Crippen molar-refractivity contribution in [3.8, 4) is 0 Å². The Labute approximate surface area is 124 Å². The van der Waals surface area contributed by atoms with Gasteiger partial charge in [0.05, 0.1) is 0 Å². The predicted octanol–water partition coefficient (Wildman–Crippen LogP) is 2.51. The van der Waals surface area contributed by atoms with Crippen LogP contribution in [0.2, 0.25) is 0 Å². The van der Waals surface area contributed by atoms with Gasteiger partial charge in [-0.25, -0.2) is 0 Å². The molecule has 2 aliphatic heterocycles. The van der Waals surface area contributed by atoms with E-state index < -0.39 is 0 Å². The van der Waals surface area contributed by atoms with Crippen molar-refractivity contribution in [1.29, 1.82) is 0 Å². The second kappa shape index (κ2) is 5.94. The molecule has 0 amide bonds. The van der Waals surface area contributed by atoms with Crippen molar-refractivity contribution >= 4 is 0 Å². The van der Waals surface area contributed by atoms with Gasteiger partial charge >= 0.3 is 0 Å². The number of hydrogen-bond donors (Lipinski definition) is 1. The lowest BCUT2D eigenvalue weighted by molar-refractivity contribution is 0.0213. The van der Waals surface area contributed by atoms with Gasteiger partial charge in [0.15, 0.2) is 0 Å². The summed E-state index contributed by atoms with van der Waals surface area (Å²) in [6, 6.07) is 1.44. The molecule has 2 heterocycles. The van der Waals surface area contributed by atoms with Crippen molar-refractivity contribution in [2.75, 3.05) is 32.8 Å². The van der Waals surface area contributed by atoms with Crippen molar-refractivity contribution in [3.05, 3.63) is 0 Å². The van der Waals surface area contributed by atoms with E-state index in [4.69, 9.17) is 4.74 Å². The van der Waals surface area contributed by atoms with E-state index in [0.29, 0.717) is 11.5 Å². The van der Waals surface area contributed by atoms with Gasteiger partial charge in [0.1, 0.15) is 0 Å². The van der Waals surface area contributed by atoms with Gasteiger partial charge in [-0.15, -0.1) is 0 Å². The molecule has 3 nitrogen and oxygen atoms in total. The molecule has 0 aromatic rings. The van der Waals surface area contributed by atoms with Crippen LogP contribution in [-0.2, 0) is 4.74 Å². The van der Waals surface area contributed by atoms with Crippen molar-refractivity contribution in [3.63, 3.8) is 0 Å². The molecule has 0 radical (unpaired) electrons. The monoisotopic (exact) mass is 280 g/mol. The molecular weight excluding hydrogens is 248 g/mol. The number of piperazine rings is 1. The minimum atomic E-state index is 0.364. The summed E-state index contributed by atoms with van der Waals surface area (Å²) in [6.45, 7) is 12.8.